The number of amides is 1. The van der Waals surface area contributed by atoms with Crippen LogP contribution in [0.2, 0.25) is 0 Å². The van der Waals surface area contributed by atoms with E-state index in [0.29, 0.717) is 27.6 Å². The Balaban J connectivity index is 0.00000306. The second kappa shape index (κ2) is 10.4. The highest BCUT2D eigenvalue weighted by atomic mass is 35.5. The minimum Gasteiger partial charge on any atom is -0.327 e. The first-order valence-corrected chi connectivity index (χ1v) is 10.1. The summed E-state index contributed by atoms with van der Waals surface area (Å²) < 4.78 is 27.4. The molecule has 4 aromatic rings. The maximum atomic E-state index is 13.9. The van der Waals surface area contributed by atoms with E-state index in [0.717, 1.165) is 0 Å². The summed E-state index contributed by atoms with van der Waals surface area (Å²) in [5.41, 5.74) is 7.71. The van der Waals surface area contributed by atoms with E-state index in [4.69, 9.17) is 5.73 Å². The van der Waals surface area contributed by atoms with Gasteiger partial charge in [-0.3, -0.25) is 9.59 Å². The Hall–Kier alpha value is -3.55. The van der Waals surface area contributed by atoms with E-state index < -0.39 is 23.3 Å². The molecule has 0 fully saturated rings. The van der Waals surface area contributed by atoms with Crippen molar-refractivity contribution < 1.29 is 13.6 Å². The molecule has 1 atom stereocenters. The van der Waals surface area contributed by atoms with Crippen molar-refractivity contribution in [2.45, 2.75) is 18.9 Å². The molecule has 0 spiro atoms. The topological polar surface area (TPSA) is 88.0 Å². The minimum atomic E-state index is -0.638. The van der Waals surface area contributed by atoms with E-state index in [-0.39, 0.29) is 36.8 Å². The van der Waals surface area contributed by atoms with Crippen molar-refractivity contribution in [2.75, 3.05) is 5.32 Å². The van der Waals surface area contributed by atoms with Gasteiger partial charge < -0.3 is 16.0 Å². The molecule has 0 bridgehead atoms. The summed E-state index contributed by atoms with van der Waals surface area (Å²) in [5, 5.41) is 3.36. The number of benzene rings is 3. The molecule has 0 aliphatic heterocycles. The summed E-state index contributed by atoms with van der Waals surface area (Å²) in [6, 6.07) is 18.4. The lowest BCUT2D eigenvalue weighted by Crippen LogP contribution is -2.31. The second-order valence-electron chi connectivity index (χ2n) is 7.56. The van der Waals surface area contributed by atoms with Gasteiger partial charge in [0, 0.05) is 28.9 Å². The number of aromatic nitrogens is 1. The van der Waals surface area contributed by atoms with Gasteiger partial charge >= 0.3 is 0 Å². The summed E-state index contributed by atoms with van der Waals surface area (Å²) in [4.78, 5) is 28.3. The van der Waals surface area contributed by atoms with Gasteiger partial charge in [0.15, 0.2) is 0 Å². The second-order valence-corrected chi connectivity index (χ2v) is 7.56. The van der Waals surface area contributed by atoms with Gasteiger partial charge in [0.1, 0.15) is 17.3 Å². The monoisotopic (exact) mass is 469 g/mol. The highest BCUT2D eigenvalue weighted by Gasteiger charge is 2.19. The third kappa shape index (κ3) is 5.45. The van der Waals surface area contributed by atoms with Crippen molar-refractivity contribution in [2.24, 2.45) is 5.73 Å². The Morgan fingerprint density at radius 1 is 0.970 bits per heavy atom. The zero-order chi connectivity index (χ0) is 22.7. The van der Waals surface area contributed by atoms with Crippen LogP contribution in [0.5, 0.6) is 0 Å². The van der Waals surface area contributed by atoms with Gasteiger partial charge in [0.05, 0.1) is 0 Å². The first kappa shape index (κ1) is 24.1. The molecule has 33 heavy (non-hydrogen) atoms. The zero-order valence-electron chi connectivity index (χ0n) is 17.5. The minimum absolute atomic E-state index is 0. The average Bonchev–Trinajstić information content (AvgIpc) is 2.76. The highest BCUT2D eigenvalue weighted by Crippen LogP contribution is 2.32. The highest BCUT2D eigenvalue weighted by molar-refractivity contribution is 6.05. The third-order valence-electron chi connectivity index (χ3n) is 5.21. The summed E-state index contributed by atoms with van der Waals surface area (Å²) in [7, 11) is 0. The Kier molecular flexibility index (Phi) is 7.58. The van der Waals surface area contributed by atoms with E-state index in [1.54, 1.807) is 42.5 Å². The van der Waals surface area contributed by atoms with Gasteiger partial charge in [-0.15, -0.1) is 12.4 Å². The standard InChI is InChI=1S/C25H21F2N3O2.ClH/c26-17-11-9-15(10-12-17)23-19-6-2-4-8-21(19)29-25(32)24(23)30-22(31)14-18(28)13-16-5-1-3-7-20(16)27;/h1-12,18H,13-14,28H2,(H,29,32)(H,30,31);1H. The Morgan fingerprint density at radius 2 is 1.64 bits per heavy atom. The summed E-state index contributed by atoms with van der Waals surface area (Å²) in [5.74, 6) is -1.27. The number of hydrogen-bond donors (Lipinski definition) is 3. The summed E-state index contributed by atoms with van der Waals surface area (Å²) in [6.07, 6.45) is 0.0719. The molecule has 8 heteroatoms. The molecule has 0 saturated carbocycles. The van der Waals surface area contributed by atoms with Crippen LogP contribution in [0.3, 0.4) is 0 Å². The predicted octanol–water partition coefficient (Wildman–Crippen LogP) is 4.79. The molecular weight excluding hydrogens is 448 g/mol. The fourth-order valence-electron chi connectivity index (χ4n) is 3.73. The van der Waals surface area contributed by atoms with Gasteiger partial charge in [-0.1, -0.05) is 48.5 Å². The van der Waals surface area contributed by atoms with Crippen LogP contribution in [-0.2, 0) is 11.2 Å². The number of nitrogens with two attached hydrogens (primary N) is 1. The largest absolute Gasteiger partial charge is 0.327 e. The zero-order valence-corrected chi connectivity index (χ0v) is 18.3. The molecule has 3 aromatic carbocycles. The van der Waals surface area contributed by atoms with Crippen LogP contribution in [0.25, 0.3) is 22.0 Å². The molecule has 170 valence electrons. The molecule has 1 amide bonds. The smallest absolute Gasteiger partial charge is 0.272 e. The predicted molar refractivity (Wildman–Crippen MR) is 129 cm³/mol. The molecule has 1 unspecified atom stereocenters. The molecule has 0 radical (unpaired) electrons. The number of nitrogens with one attached hydrogen (secondary N) is 2. The molecule has 4 rings (SSSR count). The van der Waals surface area contributed by atoms with Gasteiger partial charge in [0.25, 0.3) is 5.56 Å². The number of hydrogen-bond acceptors (Lipinski definition) is 3. The fraction of sp³-hybridized carbons (Fsp3) is 0.120. The van der Waals surface area contributed by atoms with Gasteiger partial charge in [0.2, 0.25) is 5.91 Å². The number of H-pyrrole nitrogens is 1. The van der Waals surface area contributed by atoms with Crippen LogP contribution in [0.4, 0.5) is 14.5 Å². The molecule has 1 aromatic heterocycles. The van der Waals surface area contributed by atoms with Crippen LogP contribution in [0, 0.1) is 11.6 Å². The van der Waals surface area contributed by atoms with Crippen LogP contribution in [0.1, 0.15) is 12.0 Å². The quantitative estimate of drug-likeness (QED) is 0.379. The third-order valence-corrected chi connectivity index (χ3v) is 5.21. The lowest BCUT2D eigenvalue weighted by Gasteiger charge is -2.16. The SMILES string of the molecule is Cl.NC(CC(=O)Nc1c(-c2ccc(F)cc2)c2ccccc2[nH]c1=O)Cc1ccccc1F. The number of anilines is 1. The lowest BCUT2D eigenvalue weighted by atomic mass is 9.99. The van der Waals surface area contributed by atoms with Gasteiger partial charge in [-0.05, 0) is 41.8 Å². The lowest BCUT2D eigenvalue weighted by molar-refractivity contribution is -0.116. The number of halogens is 3. The number of para-hydroxylation sites is 1. The maximum Gasteiger partial charge on any atom is 0.272 e. The summed E-state index contributed by atoms with van der Waals surface area (Å²) >= 11 is 0. The fourth-order valence-corrected chi connectivity index (χ4v) is 3.73. The molecule has 0 saturated heterocycles. The van der Waals surface area contributed by atoms with E-state index in [2.05, 4.69) is 10.3 Å². The Labute approximate surface area is 195 Å². The van der Waals surface area contributed by atoms with Crippen molar-refractivity contribution in [1.29, 1.82) is 0 Å². The molecule has 5 nitrogen and oxygen atoms in total. The molecular formula is C25H22ClF2N3O2. The number of aromatic amines is 1. The number of fused-ring (bicyclic) bond motifs is 1. The van der Waals surface area contributed by atoms with Crippen LogP contribution < -0.4 is 16.6 Å². The van der Waals surface area contributed by atoms with Crippen LogP contribution in [-0.4, -0.2) is 16.9 Å². The van der Waals surface area contributed by atoms with Crippen LogP contribution >= 0.6 is 12.4 Å². The molecule has 4 N–H and O–H groups in total. The normalized spacial score (nSPS) is 11.6. The number of rotatable bonds is 6. The van der Waals surface area contributed by atoms with E-state index in [1.165, 1.54) is 18.2 Å². The Bertz CT molecular complexity index is 1340. The van der Waals surface area contributed by atoms with Gasteiger partial charge in [-0.2, -0.15) is 0 Å². The molecule has 1 heterocycles. The summed E-state index contributed by atoms with van der Waals surface area (Å²) in [6.45, 7) is 0. The maximum absolute atomic E-state index is 13.9. The molecule has 0 aliphatic rings. The first-order chi connectivity index (χ1) is 15.4. The van der Waals surface area contributed by atoms with E-state index >= 15 is 0 Å². The van der Waals surface area contributed by atoms with Crippen LogP contribution in [0.15, 0.2) is 77.6 Å². The van der Waals surface area contributed by atoms with Crippen molar-refractivity contribution in [3.05, 3.63) is 100 Å². The average molecular weight is 470 g/mol. The van der Waals surface area contributed by atoms with Crippen molar-refractivity contribution in [1.82, 2.24) is 4.98 Å². The van der Waals surface area contributed by atoms with Crippen molar-refractivity contribution >= 4 is 34.9 Å². The van der Waals surface area contributed by atoms with E-state index in [9.17, 15) is 18.4 Å². The first-order valence-electron chi connectivity index (χ1n) is 10.1. The Morgan fingerprint density at radius 3 is 2.36 bits per heavy atom. The van der Waals surface area contributed by atoms with E-state index in [1.807, 2.05) is 12.1 Å². The van der Waals surface area contributed by atoms with Gasteiger partial charge in [-0.25, -0.2) is 8.78 Å². The number of pyridine rings is 1. The van der Waals surface area contributed by atoms with Crippen molar-refractivity contribution in [3.8, 4) is 11.1 Å². The van der Waals surface area contributed by atoms with Crippen molar-refractivity contribution in [3.63, 3.8) is 0 Å². The number of carbonyl (C=O) groups is 1. The number of carbonyl (C=O) groups excluding carboxylic acids is 1. The molecule has 0 aliphatic carbocycles.